The van der Waals surface area contributed by atoms with Crippen molar-refractivity contribution in [3.8, 4) is 5.88 Å². The summed E-state index contributed by atoms with van der Waals surface area (Å²) in [5.41, 5.74) is 1.87. The minimum atomic E-state index is -3.75. The van der Waals surface area contributed by atoms with Crippen LogP contribution in [0, 0.1) is 0 Å². The molecule has 0 fully saturated rings. The summed E-state index contributed by atoms with van der Waals surface area (Å²) in [6, 6.07) is 17.0. The van der Waals surface area contributed by atoms with E-state index < -0.39 is 15.9 Å². The number of aromatic nitrogens is 1. The molecule has 1 aromatic heterocycles. The van der Waals surface area contributed by atoms with Gasteiger partial charge >= 0.3 is 0 Å². The number of nitrogens with one attached hydrogen (secondary N) is 2. The molecule has 2 N–H and O–H groups in total. The Kier molecular flexibility index (Phi) is 7.84. The molecule has 3 aromatic rings. The smallest absolute Gasteiger partial charge is 0.253 e. The number of hydrogen-bond donors (Lipinski definition) is 2. The van der Waals surface area contributed by atoms with Crippen LogP contribution >= 0.6 is 11.6 Å². The lowest BCUT2D eigenvalue weighted by atomic mass is 10.2. The van der Waals surface area contributed by atoms with E-state index in [0.29, 0.717) is 12.5 Å². The molecule has 0 aliphatic carbocycles. The summed E-state index contributed by atoms with van der Waals surface area (Å²) < 4.78 is 33.0. The van der Waals surface area contributed by atoms with E-state index >= 15 is 0 Å². The average molecular weight is 474 g/mol. The van der Waals surface area contributed by atoms with E-state index in [9.17, 15) is 13.2 Å². The molecule has 1 heterocycles. The fourth-order valence-corrected chi connectivity index (χ4v) is 4.35. The van der Waals surface area contributed by atoms with Gasteiger partial charge in [-0.25, -0.2) is 18.1 Å². The number of carbonyl (C=O) groups excluding carboxylic acids is 1. The number of carbonyl (C=O) groups is 1. The predicted octanol–water partition coefficient (Wildman–Crippen LogP) is 3.93. The van der Waals surface area contributed by atoms with Crippen molar-refractivity contribution in [2.24, 2.45) is 0 Å². The van der Waals surface area contributed by atoms with Crippen LogP contribution in [0.15, 0.2) is 71.8 Å². The molecule has 0 unspecified atom stereocenters. The van der Waals surface area contributed by atoms with Crippen LogP contribution < -0.4 is 14.8 Å². The highest BCUT2D eigenvalue weighted by molar-refractivity contribution is 7.89. The van der Waals surface area contributed by atoms with Gasteiger partial charge in [0, 0.05) is 24.8 Å². The minimum absolute atomic E-state index is 0.0266. The summed E-state index contributed by atoms with van der Waals surface area (Å²) >= 11 is 6.15. The Morgan fingerprint density at radius 1 is 1.06 bits per heavy atom. The maximum absolute atomic E-state index is 12.7. The Hall–Kier alpha value is -2.94. The van der Waals surface area contributed by atoms with Crippen LogP contribution in [0.3, 0.4) is 0 Å². The standard InChI is InChI=1S/C23H24ClN3O4S/c1-16(2)27-32(29,30)19-8-9-21(24)20(13-19)23(28)26-14-18-10-11-25-22(12-18)31-15-17-6-4-3-5-7-17/h3-13,16,27H,14-15H2,1-2H3,(H,26,28). The monoisotopic (exact) mass is 473 g/mol. The lowest BCUT2D eigenvalue weighted by Crippen LogP contribution is -2.30. The van der Waals surface area contributed by atoms with E-state index in [2.05, 4.69) is 15.0 Å². The van der Waals surface area contributed by atoms with Crippen LogP contribution in [0.2, 0.25) is 5.02 Å². The minimum Gasteiger partial charge on any atom is -0.473 e. The molecule has 0 aliphatic heterocycles. The van der Waals surface area contributed by atoms with Gasteiger partial charge in [0.05, 0.1) is 15.5 Å². The number of rotatable bonds is 9. The average Bonchev–Trinajstić information content (AvgIpc) is 2.76. The Morgan fingerprint density at radius 2 is 1.81 bits per heavy atom. The summed E-state index contributed by atoms with van der Waals surface area (Å²) in [6.07, 6.45) is 1.60. The number of pyridine rings is 1. The van der Waals surface area contributed by atoms with Gasteiger partial charge in [-0.1, -0.05) is 41.9 Å². The van der Waals surface area contributed by atoms with Crippen molar-refractivity contribution in [1.29, 1.82) is 0 Å². The van der Waals surface area contributed by atoms with Crippen molar-refractivity contribution in [3.63, 3.8) is 0 Å². The van der Waals surface area contributed by atoms with Crippen molar-refractivity contribution >= 4 is 27.5 Å². The van der Waals surface area contributed by atoms with E-state index in [1.807, 2.05) is 30.3 Å². The van der Waals surface area contributed by atoms with Gasteiger partial charge in [-0.2, -0.15) is 0 Å². The van der Waals surface area contributed by atoms with Crippen molar-refractivity contribution in [2.45, 2.75) is 37.9 Å². The molecule has 3 rings (SSSR count). The van der Waals surface area contributed by atoms with E-state index in [0.717, 1.165) is 11.1 Å². The highest BCUT2D eigenvalue weighted by Gasteiger charge is 2.19. The van der Waals surface area contributed by atoms with Gasteiger partial charge in [-0.3, -0.25) is 4.79 Å². The Morgan fingerprint density at radius 3 is 2.53 bits per heavy atom. The molecule has 0 spiro atoms. The molecule has 168 valence electrons. The largest absolute Gasteiger partial charge is 0.473 e. The van der Waals surface area contributed by atoms with Crippen molar-refractivity contribution in [3.05, 3.63) is 88.6 Å². The summed E-state index contributed by atoms with van der Waals surface area (Å²) in [5, 5.41) is 2.91. The molecule has 9 heteroatoms. The predicted molar refractivity (Wildman–Crippen MR) is 123 cm³/mol. The Labute approximate surface area is 192 Å². The van der Waals surface area contributed by atoms with Crippen molar-refractivity contribution < 1.29 is 17.9 Å². The number of ether oxygens (including phenoxy) is 1. The highest BCUT2D eigenvalue weighted by atomic mass is 35.5. The van der Waals surface area contributed by atoms with Crippen LogP contribution in [0.4, 0.5) is 0 Å². The molecule has 0 atom stereocenters. The summed E-state index contributed by atoms with van der Waals surface area (Å²) in [6.45, 7) is 4.01. The molecule has 2 aromatic carbocycles. The van der Waals surface area contributed by atoms with Crippen molar-refractivity contribution in [2.75, 3.05) is 0 Å². The fourth-order valence-electron chi connectivity index (χ4n) is 2.87. The molecule has 0 saturated carbocycles. The zero-order chi connectivity index (χ0) is 23.1. The molecule has 1 amide bonds. The van der Waals surface area contributed by atoms with Gasteiger partial charge < -0.3 is 10.1 Å². The molecular formula is C23H24ClN3O4S. The topological polar surface area (TPSA) is 97.4 Å². The fraction of sp³-hybridized carbons (Fsp3) is 0.217. The van der Waals surface area contributed by atoms with Crippen LogP contribution in [0.1, 0.15) is 35.3 Å². The van der Waals surface area contributed by atoms with E-state index in [1.165, 1.54) is 18.2 Å². The van der Waals surface area contributed by atoms with Gasteiger partial charge in [0.1, 0.15) is 6.61 Å². The quantitative estimate of drug-likeness (QED) is 0.490. The van der Waals surface area contributed by atoms with Crippen LogP contribution in [-0.2, 0) is 23.2 Å². The zero-order valence-corrected chi connectivity index (χ0v) is 19.3. The summed E-state index contributed by atoms with van der Waals surface area (Å²) in [7, 11) is -3.75. The van der Waals surface area contributed by atoms with Gasteiger partial charge in [0.2, 0.25) is 15.9 Å². The first-order chi connectivity index (χ1) is 15.2. The third-order valence-corrected chi connectivity index (χ3v) is 6.35. The lowest BCUT2D eigenvalue weighted by molar-refractivity contribution is 0.0950. The second-order valence-corrected chi connectivity index (χ2v) is 9.50. The number of halogens is 1. The molecule has 0 bridgehead atoms. The van der Waals surface area contributed by atoms with Gasteiger partial charge in [-0.05, 0) is 49.2 Å². The van der Waals surface area contributed by atoms with E-state index in [4.69, 9.17) is 16.3 Å². The zero-order valence-electron chi connectivity index (χ0n) is 17.7. The van der Waals surface area contributed by atoms with Crippen LogP contribution in [-0.4, -0.2) is 25.4 Å². The number of sulfonamides is 1. The lowest BCUT2D eigenvalue weighted by Gasteiger charge is -2.12. The SMILES string of the molecule is CC(C)NS(=O)(=O)c1ccc(Cl)c(C(=O)NCc2ccnc(OCc3ccccc3)c2)c1. The van der Waals surface area contributed by atoms with Crippen LogP contribution in [0.25, 0.3) is 0 Å². The third kappa shape index (κ3) is 6.53. The van der Waals surface area contributed by atoms with E-state index in [-0.39, 0.29) is 28.1 Å². The first kappa shape index (κ1) is 23.7. The molecule has 32 heavy (non-hydrogen) atoms. The van der Waals surface area contributed by atoms with Gasteiger partial charge in [0.25, 0.3) is 5.91 Å². The molecule has 0 saturated heterocycles. The van der Waals surface area contributed by atoms with Gasteiger partial charge in [-0.15, -0.1) is 0 Å². The maximum atomic E-state index is 12.7. The molecular weight excluding hydrogens is 450 g/mol. The van der Waals surface area contributed by atoms with Crippen LogP contribution in [0.5, 0.6) is 5.88 Å². The normalized spacial score (nSPS) is 11.4. The first-order valence-corrected chi connectivity index (χ1v) is 11.8. The van der Waals surface area contributed by atoms with E-state index in [1.54, 1.807) is 32.2 Å². The molecule has 0 radical (unpaired) electrons. The van der Waals surface area contributed by atoms with Gasteiger partial charge in [0.15, 0.2) is 0 Å². The number of hydrogen-bond acceptors (Lipinski definition) is 5. The Bertz CT molecular complexity index is 1180. The number of benzene rings is 2. The summed E-state index contributed by atoms with van der Waals surface area (Å²) in [5.74, 6) is -0.0494. The summed E-state index contributed by atoms with van der Waals surface area (Å²) in [4.78, 5) is 16.8. The Balaban J connectivity index is 1.66. The van der Waals surface area contributed by atoms with Crippen molar-refractivity contribution in [1.82, 2.24) is 15.0 Å². The number of amides is 1. The third-order valence-electron chi connectivity index (χ3n) is 4.37. The highest BCUT2D eigenvalue weighted by Crippen LogP contribution is 2.21. The molecule has 0 aliphatic rings. The first-order valence-electron chi connectivity index (χ1n) is 9.96. The number of nitrogens with zero attached hydrogens (tertiary/aromatic N) is 1. The second kappa shape index (κ2) is 10.6. The second-order valence-electron chi connectivity index (χ2n) is 7.38. The maximum Gasteiger partial charge on any atom is 0.253 e. The molecule has 7 nitrogen and oxygen atoms in total.